The summed E-state index contributed by atoms with van der Waals surface area (Å²) in [7, 11) is 1.67. The molecule has 2 rings (SSSR count). The Balaban J connectivity index is 2.20. The molecule has 19 heavy (non-hydrogen) atoms. The van der Waals surface area contributed by atoms with Crippen molar-refractivity contribution >= 4 is 23.3 Å². The zero-order valence-corrected chi connectivity index (χ0v) is 12.6. The molecule has 4 nitrogen and oxygen atoms in total. The maximum atomic E-state index is 6.24. The van der Waals surface area contributed by atoms with Crippen LogP contribution in [0.1, 0.15) is 24.2 Å². The summed E-state index contributed by atoms with van der Waals surface area (Å²) in [6.07, 6.45) is 2.50. The normalized spacial score (nSPS) is 14.1. The Morgan fingerprint density at radius 1 is 1.37 bits per heavy atom. The lowest BCUT2D eigenvalue weighted by atomic mass is 10.0. The van der Waals surface area contributed by atoms with Gasteiger partial charge in [-0.3, -0.25) is 0 Å². The van der Waals surface area contributed by atoms with E-state index in [0.29, 0.717) is 0 Å². The van der Waals surface area contributed by atoms with Crippen molar-refractivity contribution in [2.45, 2.75) is 29.0 Å². The first-order valence-corrected chi connectivity index (χ1v) is 7.72. The van der Waals surface area contributed by atoms with E-state index in [-0.39, 0.29) is 11.3 Å². The summed E-state index contributed by atoms with van der Waals surface area (Å²) in [6.45, 7) is 2.10. The highest BCUT2D eigenvalue weighted by molar-refractivity contribution is 8.01. The molecule has 0 aliphatic rings. The average molecular weight is 295 g/mol. The zero-order chi connectivity index (χ0) is 13.7. The van der Waals surface area contributed by atoms with E-state index in [0.717, 1.165) is 16.5 Å². The van der Waals surface area contributed by atoms with Gasteiger partial charge in [0.05, 0.1) is 12.4 Å². The van der Waals surface area contributed by atoms with E-state index in [4.69, 9.17) is 10.5 Å². The Morgan fingerprint density at radius 2 is 2.11 bits per heavy atom. The van der Waals surface area contributed by atoms with Crippen molar-refractivity contribution in [3.8, 4) is 5.75 Å². The van der Waals surface area contributed by atoms with Gasteiger partial charge in [-0.25, -0.2) is 4.98 Å². The van der Waals surface area contributed by atoms with Crippen LogP contribution in [0.4, 0.5) is 0 Å². The maximum absolute atomic E-state index is 6.24. The standard InChI is InChI=1S/C13H17N3OS2/c1-3-11(14)12(18-13-15-8-16-19-13)9-4-6-10(17-2)7-5-9/h4-8,11-12H,3,14H2,1-2H3. The highest BCUT2D eigenvalue weighted by Gasteiger charge is 2.21. The SMILES string of the molecule is CCC(N)C(Sc1ncns1)c1ccc(OC)cc1. The molecule has 0 fully saturated rings. The predicted molar refractivity (Wildman–Crippen MR) is 79.8 cm³/mol. The molecule has 0 radical (unpaired) electrons. The Morgan fingerprint density at radius 3 is 2.63 bits per heavy atom. The number of nitrogens with zero attached hydrogens (tertiary/aromatic N) is 2. The number of rotatable bonds is 6. The molecule has 2 aromatic rings. The average Bonchev–Trinajstić information content (AvgIpc) is 2.97. The highest BCUT2D eigenvalue weighted by Crippen LogP contribution is 2.38. The summed E-state index contributed by atoms with van der Waals surface area (Å²) in [5.41, 5.74) is 7.43. The van der Waals surface area contributed by atoms with Crippen molar-refractivity contribution < 1.29 is 4.74 Å². The molecule has 0 saturated carbocycles. The molecule has 0 spiro atoms. The summed E-state index contributed by atoms with van der Waals surface area (Å²) in [6, 6.07) is 8.14. The molecule has 6 heteroatoms. The second-order valence-corrected chi connectivity index (χ2v) is 6.26. The zero-order valence-electron chi connectivity index (χ0n) is 10.9. The van der Waals surface area contributed by atoms with E-state index in [1.165, 1.54) is 17.1 Å². The van der Waals surface area contributed by atoms with Crippen LogP contribution in [0.25, 0.3) is 0 Å². The molecular weight excluding hydrogens is 278 g/mol. The number of aromatic nitrogens is 2. The van der Waals surface area contributed by atoms with Gasteiger partial charge in [-0.2, -0.15) is 4.37 Å². The van der Waals surface area contributed by atoms with Gasteiger partial charge in [0.15, 0.2) is 4.34 Å². The van der Waals surface area contributed by atoms with Crippen LogP contribution in [0.15, 0.2) is 34.9 Å². The summed E-state index contributed by atoms with van der Waals surface area (Å²) in [4.78, 5) is 4.22. The van der Waals surface area contributed by atoms with Crippen molar-refractivity contribution in [2.24, 2.45) is 5.73 Å². The summed E-state index contributed by atoms with van der Waals surface area (Å²) >= 11 is 3.08. The number of benzene rings is 1. The van der Waals surface area contributed by atoms with Gasteiger partial charge >= 0.3 is 0 Å². The maximum Gasteiger partial charge on any atom is 0.170 e. The Hall–Kier alpha value is -1.11. The number of hydrogen-bond acceptors (Lipinski definition) is 6. The van der Waals surface area contributed by atoms with Gasteiger partial charge in [0.1, 0.15) is 12.1 Å². The second kappa shape index (κ2) is 6.88. The van der Waals surface area contributed by atoms with E-state index in [9.17, 15) is 0 Å². The highest BCUT2D eigenvalue weighted by atomic mass is 32.2. The number of ether oxygens (including phenoxy) is 1. The molecule has 2 N–H and O–H groups in total. The molecule has 1 aromatic heterocycles. The van der Waals surface area contributed by atoms with Crippen molar-refractivity contribution in [1.29, 1.82) is 0 Å². The largest absolute Gasteiger partial charge is 0.497 e. The Labute approximate surface area is 121 Å². The molecule has 1 aromatic carbocycles. The molecule has 0 saturated heterocycles. The van der Waals surface area contributed by atoms with Gasteiger partial charge < -0.3 is 10.5 Å². The number of nitrogens with two attached hydrogens (primary N) is 1. The third-order valence-electron chi connectivity index (χ3n) is 2.87. The third kappa shape index (κ3) is 3.68. The fourth-order valence-corrected chi connectivity index (χ4v) is 3.61. The molecule has 0 aliphatic carbocycles. The Bertz CT molecular complexity index is 487. The first-order valence-electron chi connectivity index (χ1n) is 6.07. The van der Waals surface area contributed by atoms with Gasteiger partial charge in [0, 0.05) is 6.04 Å². The van der Waals surface area contributed by atoms with Crippen LogP contribution < -0.4 is 10.5 Å². The molecule has 0 bridgehead atoms. The van der Waals surface area contributed by atoms with Crippen molar-refractivity contribution in [2.75, 3.05) is 7.11 Å². The van der Waals surface area contributed by atoms with Crippen LogP contribution in [0.5, 0.6) is 5.75 Å². The number of thioether (sulfide) groups is 1. The van der Waals surface area contributed by atoms with Crippen LogP contribution >= 0.6 is 23.3 Å². The molecule has 0 amide bonds. The molecule has 102 valence electrons. The van der Waals surface area contributed by atoms with Gasteiger partial charge in [-0.15, -0.1) is 0 Å². The van der Waals surface area contributed by atoms with E-state index >= 15 is 0 Å². The lowest BCUT2D eigenvalue weighted by Crippen LogP contribution is -2.25. The molecule has 0 aliphatic heterocycles. The van der Waals surface area contributed by atoms with Gasteiger partial charge in [0.25, 0.3) is 0 Å². The van der Waals surface area contributed by atoms with Crippen molar-refractivity contribution in [3.63, 3.8) is 0 Å². The topological polar surface area (TPSA) is 61.0 Å². The first-order chi connectivity index (χ1) is 9.24. The van der Waals surface area contributed by atoms with Gasteiger partial charge in [-0.1, -0.05) is 30.8 Å². The van der Waals surface area contributed by atoms with Gasteiger partial charge in [-0.05, 0) is 35.6 Å². The summed E-state index contributed by atoms with van der Waals surface area (Å²) in [5, 5.41) is 0.184. The molecule has 2 unspecified atom stereocenters. The van der Waals surface area contributed by atoms with Gasteiger partial charge in [0.2, 0.25) is 0 Å². The first kappa shape index (κ1) is 14.3. The van der Waals surface area contributed by atoms with Crippen LogP contribution in [-0.4, -0.2) is 22.5 Å². The van der Waals surface area contributed by atoms with Crippen LogP contribution in [0, 0.1) is 0 Å². The van der Waals surface area contributed by atoms with Crippen molar-refractivity contribution in [3.05, 3.63) is 36.2 Å². The van der Waals surface area contributed by atoms with E-state index in [1.54, 1.807) is 25.2 Å². The van der Waals surface area contributed by atoms with Crippen molar-refractivity contribution in [1.82, 2.24) is 9.36 Å². The number of methoxy groups -OCH3 is 1. The fourth-order valence-electron chi connectivity index (χ4n) is 1.73. The van der Waals surface area contributed by atoms with E-state index < -0.39 is 0 Å². The smallest absolute Gasteiger partial charge is 0.170 e. The minimum absolute atomic E-state index is 0.0855. The summed E-state index contributed by atoms with van der Waals surface area (Å²) < 4.78 is 10.2. The van der Waals surface area contributed by atoms with Crippen LogP contribution in [0.2, 0.25) is 0 Å². The van der Waals surface area contributed by atoms with Crippen LogP contribution in [0.3, 0.4) is 0 Å². The third-order valence-corrected chi connectivity index (χ3v) is 5.03. The lowest BCUT2D eigenvalue weighted by Gasteiger charge is -2.21. The molecule has 1 heterocycles. The molecule has 2 atom stereocenters. The second-order valence-electron chi connectivity index (χ2n) is 4.09. The minimum atomic E-state index is 0.0855. The van der Waals surface area contributed by atoms with Crippen LogP contribution in [-0.2, 0) is 0 Å². The minimum Gasteiger partial charge on any atom is -0.497 e. The fraction of sp³-hybridized carbons (Fsp3) is 0.385. The molecular formula is C13H17N3OS2. The van der Waals surface area contributed by atoms with E-state index in [1.807, 2.05) is 12.1 Å². The summed E-state index contributed by atoms with van der Waals surface area (Å²) in [5.74, 6) is 0.855. The Kier molecular flexibility index (Phi) is 5.18. The lowest BCUT2D eigenvalue weighted by molar-refractivity contribution is 0.414. The monoisotopic (exact) mass is 295 g/mol. The number of hydrogen-bond donors (Lipinski definition) is 1. The quantitative estimate of drug-likeness (QED) is 0.830. The predicted octanol–water partition coefficient (Wildman–Crippen LogP) is 3.12. The van der Waals surface area contributed by atoms with E-state index in [2.05, 4.69) is 28.4 Å².